The number of ether oxygens (including phenoxy) is 1. The van der Waals surface area contributed by atoms with Crippen LogP contribution < -0.4 is 0 Å². The van der Waals surface area contributed by atoms with Crippen LogP contribution in [0.25, 0.3) is 10.2 Å². The van der Waals surface area contributed by atoms with Crippen LogP contribution >= 0.6 is 23.1 Å². The zero-order valence-corrected chi connectivity index (χ0v) is 20.5. The molecule has 0 saturated carbocycles. The fraction of sp³-hybridized carbons (Fsp3) is 0.500. The first kappa shape index (κ1) is 23.7. The number of unbranched alkanes of at least 4 members (excludes halogenated alkanes) is 3. The van der Waals surface area contributed by atoms with Gasteiger partial charge in [-0.1, -0.05) is 37.1 Å². The highest BCUT2D eigenvalue weighted by Gasteiger charge is 2.26. The highest BCUT2D eigenvalue weighted by molar-refractivity contribution is 7.99. The van der Waals surface area contributed by atoms with E-state index in [0.29, 0.717) is 6.61 Å². The minimum absolute atomic E-state index is 0.120. The van der Waals surface area contributed by atoms with Crippen LogP contribution in [0.3, 0.4) is 0 Å². The van der Waals surface area contributed by atoms with Gasteiger partial charge in [0, 0.05) is 24.6 Å². The van der Waals surface area contributed by atoms with Gasteiger partial charge in [-0.15, -0.1) is 23.1 Å². The number of piperidine rings is 1. The van der Waals surface area contributed by atoms with Gasteiger partial charge in [0.25, 0.3) is 0 Å². The van der Waals surface area contributed by atoms with E-state index >= 15 is 0 Å². The lowest BCUT2D eigenvalue weighted by Gasteiger charge is -2.31. The molecule has 2 aromatic carbocycles. The lowest BCUT2D eigenvalue weighted by atomic mass is 10.1. The molecular formula is C26H34N2O2S2. The lowest BCUT2D eigenvalue weighted by Crippen LogP contribution is -2.35. The molecule has 4 rings (SSSR count). The molecule has 1 N–H and O–H groups in total. The minimum atomic E-state index is -0.120. The molecule has 0 bridgehead atoms. The van der Waals surface area contributed by atoms with Gasteiger partial charge in [-0.25, -0.2) is 4.98 Å². The van der Waals surface area contributed by atoms with Crippen LogP contribution in [0.1, 0.15) is 55.2 Å². The Morgan fingerprint density at radius 3 is 2.72 bits per heavy atom. The van der Waals surface area contributed by atoms with Crippen molar-refractivity contribution < 1.29 is 9.84 Å². The third-order valence-corrected chi connectivity index (χ3v) is 8.17. The van der Waals surface area contributed by atoms with Gasteiger partial charge in [0.1, 0.15) is 11.1 Å². The van der Waals surface area contributed by atoms with Crippen molar-refractivity contribution in [3.8, 4) is 0 Å². The molecule has 0 spiro atoms. The van der Waals surface area contributed by atoms with E-state index in [0.717, 1.165) is 55.0 Å². The van der Waals surface area contributed by atoms with Gasteiger partial charge in [-0.3, -0.25) is 0 Å². The smallest absolute Gasteiger partial charge is 0.134 e. The van der Waals surface area contributed by atoms with E-state index in [2.05, 4.69) is 60.5 Å². The zero-order chi connectivity index (χ0) is 22.2. The molecule has 1 aromatic heterocycles. The third-order valence-electron chi connectivity index (χ3n) is 6.01. The number of aliphatic hydroxyl groups is 1. The quantitative estimate of drug-likeness (QED) is 0.269. The Kier molecular flexibility index (Phi) is 9.00. The standard InChI is InChI=1S/C26H34N2O2S2/c1-28-15-13-21(14-16-28)30-25(26-27-23-11-4-5-12-24(23)32-26)20-9-8-10-22(19-20)31-18-7-3-2-6-17-29/h4-5,8-12,19,21,25,29H,2-3,6-7,13-18H2,1H3. The molecule has 0 radical (unpaired) electrons. The summed E-state index contributed by atoms with van der Waals surface area (Å²) in [6, 6.07) is 17.2. The number of hydrogen-bond donors (Lipinski definition) is 1. The average molecular weight is 471 g/mol. The highest BCUT2D eigenvalue weighted by atomic mass is 32.2. The highest BCUT2D eigenvalue weighted by Crippen LogP contribution is 2.36. The summed E-state index contributed by atoms with van der Waals surface area (Å²) < 4.78 is 7.97. The summed E-state index contributed by atoms with van der Waals surface area (Å²) >= 11 is 3.67. The number of para-hydroxylation sites is 1. The summed E-state index contributed by atoms with van der Waals surface area (Å²) in [4.78, 5) is 8.63. The molecule has 6 heteroatoms. The summed E-state index contributed by atoms with van der Waals surface area (Å²) in [6.07, 6.45) is 6.68. The number of aromatic nitrogens is 1. The van der Waals surface area contributed by atoms with Gasteiger partial charge in [-0.2, -0.15) is 0 Å². The van der Waals surface area contributed by atoms with E-state index in [1.165, 1.54) is 28.0 Å². The average Bonchev–Trinajstić information content (AvgIpc) is 3.25. The summed E-state index contributed by atoms with van der Waals surface area (Å²) in [5.74, 6) is 1.11. The Balaban J connectivity index is 1.50. The second-order valence-corrected chi connectivity index (χ2v) is 10.8. The van der Waals surface area contributed by atoms with Crippen molar-refractivity contribution in [3.63, 3.8) is 0 Å². The molecule has 0 aliphatic carbocycles. The molecule has 2 heterocycles. The lowest BCUT2D eigenvalue weighted by molar-refractivity contribution is -0.0235. The molecular weight excluding hydrogens is 436 g/mol. The summed E-state index contributed by atoms with van der Waals surface area (Å²) in [7, 11) is 2.19. The van der Waals surface area contributed by atoms with E-state index in [-0.39, 0.29) is 12.2 Å². The third kappa shape index (κ3) is 6.55. The van der Waals surface area contributed by atoms with Crippen molar-refractivity contribution in [1.82, 2.24) is 9.88 Å². The second kappa shape index (κ2) is 12.1. The van der Waals surface area contributed by atoms with Gasteiger partial charge in [0.15, 0.2) is 0 Å². The summed E-state index contributed by atoms with van der Waals surface area (Å²) in [5, 5.41) is 9.98. The fourth-order valence-electron chi connectivity index (χ4n) is 4.12. The van der Waals surface area contributed by atoms with Crippen molar-refractivity contribution in [2.75, 3.05) is 32.5 Å². The van der Waals surface area contributed by atoms with Gasteiger partial charge in [0.05, 0.1) is 16.3 Å². The van der Waals surface area contributed by atoms with Gasteiger partial charge < -0.3 is 14.7 Å². The maximum absolute atomic E-state index is 8.93. The number of benzene rings is 2. The predicted molar refractivity (Wildman–Crippen MR) is 136 cm³/mol. The van der Waals surface area contributed by atoms with E-state index in [1.54, 1.807) is 11.3 Å². The second-order valence-electron chi connectivity index (χ2n) is 8.60. The maximum Gasteiger partial charge on any atom is 0.134 e. The van der Waals surface area contributed by atoms with Gasteiger partial charge in [-0.05, 0) is 68.3 Å². The van der Waals surface area contributed by atoms with Gasteiger partial charge in [0.2, 0.25) is 0 Å². The summed E-state index contributed by atoms with van der Waals surface area (Å²) in [5.41, 5.74) is 2.26. The molecule has 1 unspecified atom stereocenters. The van der Waals surface area contributed by atoms with E-state index in [1.807, 2.05) is 11.8 Å². The predicted octanol–water partition coefficient (Wildman–Crippen LogP) is 6.14. The molecule has 1 aliphatic rings. The van der Waals surface area contributed by atoms with Crippen molar-refractivity contribution in [3.05, 3.63) is 59.1 Å². The monoisotopic (exact) mass is 470 g/mol. The first-order valence-electron chi connectivity index (χ1n) is 11.8. The zero-order valence-electron chi connectivity index (χ0n) is 18.9. The van der Waals surface area contributed by atoms with Crippen LogP contribution in [0.4, 0.5) is 0 Å². The largest absolute Gasteiger partial charge is 0.396 e. The first-order valence-corrected chi connectivity index (χ1v) is 13.6. The number of aliphatic hydroxyl groups excluding tert-OH is 1. The normalized spacial score (nSPS) is 16.6. The van der Waals surface area contributed by atoms with Crippen LogP contribution in [0.2, 0.25) is 0 Å². The van der Waals surface area contributed by atoms with E-state index in [9.17, 15) is 0 Å². The molecule has 4 nitrogen and oxygen atoms in total. The van der Waals surface area contributed by atoms with Gasteiger partial charge >= 0.3 is 0 Å². The minimum Gasteiger partial charge on any atom is -0.396 e. The Hall–Kier alpha value is -1.44. The van der Waals surface area contributed by atoms with Crippen LogP contribution in [0.15, 0.2) is 53.4 Å². The molecule has 1 aliphatic heterocycles. The van der Waals surface area contributed by atoms with Crippen LogP contribution in [-0.4, -0.2) is 53.6 Å². The topological polar surface area (TPSA) is 45.6 Å². The first-order chi connectivity index (χ1) is 15.7. The van der Waals surface area contributed by atoms with Crippen molar-refractivity contribution in [2.45, 2.75) is 55.6 Å². The maximum atomic E-state index is 8.93. The number of thiazole rings is 1. The molecule has 1 fully saturated rings. The molecule has 0 amide bonds. The molecule has 32 heavy (non-hydrogen) atoms. The van der Waals surface area contributed by atoms with E-state index in [4.69, 9.17) is 14.8 Å². The number of fused-ring (bicyclic) bond motifs is 1. The van der Waals surface area contributed by atoms with Crippen molar-refractivity contribution >= 4 is 33.3 Å². The molecule has 172 valence electrons. The fourth-order valence-corrected chi connectivity index (χ4v) is 6.13. The number of nitrogens with zero attached hydrogens (tertiary/aromatic N) is 2. The summed E-state index contributed by atoms with van der Waals surface area (Å²) in [6.45, 7) is 2.48. The Bertz CT molecular complexity index is 936. The van der Waals surface area contributed by atoms with E-state index < -0.39 is 0 Å². The number of hydrogen-bond acceptors (Lipinski definition) is 6. The van der Waals surface area contributed by atoms with Crippen LogP contribution in [0, 0.1) is 0 Å². The van der Waals surface area contributed by atoms with Crippen molar-refractivity contribution in [2.24, 2.45) is 0 Å². The Morgan fingerprint density at radius 2 is 1.91 bits per heavy atom. The number of thioether (sulfide) groups is 1. The van der Waals surface area contributed by atoms with Crippen LogP contribution in [0.5, 0.6) is 0 Å². The molecule has 1 atom stereocenters. The molecule has 1 saturated heterocycles. The SMILES string of the molecule is CN1CCC(OC(c2cccc(SCCCCCCO)c2)c2nc3ccccc3s2)CC1. The molecule has 3 aromatic rings. The number of rotatable bonds is 11. The Labute approximate surface area is 200 Å². The number of likely N-dealkylation sites (tertiary alicyclic amines) is 1. The van der Waals surface area contributed by atoms with Crippen LogP contribution in [-0.2, 0) is 4.74 Å². The Morgan fingerprint density at radius 1 is 1.09 bits per heavy atom. The van der Waals surface area contributed by atoms with Crippen molar-refractivity contribution in [1.29, 1.82) is 0 Å².